The number of aldehydes is 1. The van der Waals surface area contributed by atoms with Gasteiger partial charge in [0, 0.05) is 6.42 Å². The molecule has 5 nitrogen and oxygen atoms in total. The van der Waals surface area contributed by atoms with E-state index < -0.39 is 6.29 Å². The SMILES string of the molecule is O=CCCCC(OCCO)OCCO. The van der Waals surface area contributed by atoms with Crippen molar-refractivity contribution in [3.63, 3.8) is 0 Å². The predicted octanol–water partition coefficient (Wildman–Crippen LogP) is -0.300. The number of aliphatic hydroxyl groups is 2. The molecule has 0 spiro atoms. The van der Waals surface area contributed by atoms with Crippen molar-refractivity contribution < 1.29 is 24.5 Å². The molecule has 0 bridgehead atoms. The van der Waals surface area contributed by atoms with E-state index in [4.69, 9.17) is 19.7 Å². The summed E-state index contributed by atoms with van der Waals surface area (Å²) in [7, 11) is 0. The minimum absolute atomic E-state index is 0.0628. The van der Waals surface area contributed by atoms with E-state index in [1.165, 1.54) is 0 Å². The maximum absolute atomic E-state index is 10.1. The lowest BCUT2D eigenvalue weighted by Gasteiger charge is -2.16. The van der Waals surface area contributed by atoms with Crippen LogP contribution in [-0.4, -0.2) is 49.2 Å². The molecule has 0 saturated carbocycles. The first-order valence-electron chi connectivity index (χ1n) is 4.73. The number of carbonyl (C=O) groups is 1. The van der Waals surface area contributed by atoms with E-state index in [1.54, 1.807) is 0 Å². The summed E-state index contributed by atoms with van der Waals surface area (Å²) in [5.41, 5.74) is 0. The monoisotopic (exact) mass is 206 g/mol. The molecule has 0 fully saturated rings. The van der Waals surface area contributed by atoms with Crippen molar-refractivity contribution in [2.24, 2.45) is 0 Å². The Balaban J connectivity index is 3.54. The highest BCUT2D eigenvalue weighted by molar-refractivity contribution is 5.48. The zero-order chi connectivity index (χ0) is 10.6. The summed E-state index contributed by atoms with van der Waals surface area (Å²) in [5.74, 6) is 0. The Morgan fingerprint density at radius 1 is 1.14 bits per heavy atom. The van der Waals surface area contributed by atoms with Gasteiger partial charge in [0.05, 0.1) is 26.4 Å². The number of rotatable bonds is 10. The van der Waals surface area contributed by atoms with E-state index in [0.717, 1.165) is 6.29 Å². The van der Waals surface area contributed by atoms with Gasteiger partial charge in [0.1, 0.15) is 6.29 Å². The molecule has 14 heavy (non-hydrogen) atoms. The lowest BCUT2D eigenvalue weighted by Crippen LogP contribution is -2.21. The van der Waals surface area contributed by atoms with Crippen LogP contribution < -0.4 is 0 Å². The lowest BCUT2D eigenvalue weighted by molar-refractivity contribution is -0.156. The summed E-state index contributed by atoms with van der Waals surface area (Å²) in [6, 6.07) is 0. The van der Waals surface area contributed by atoms with Crippen molar-refractivity contribution >= 4 is 6.29 Å². The fourth-order valence-electron chi connectivity index (χ4n) is 0.951. The van der Waals surface area contributed by atoms with Crippen LogP contribution in [0.5, 0.6) is 0 Å². The standard InChI is InChI=1S/C9H18O5/c10-4-2-1-3-9(13-7-5-11)14-8-6-12/h4,9,11-12H,1-3,5-8H2. The number of ether oxygens (including phenoxy) is 2. The Hall–Kier alpha value is -0.490. The highest BCUT2D eigenvalue weighted by atomic mass is 16.7. The van der Waals surface area contributed by atoms with Gasteiger partial charge in [0.25, 0.3) is 0 Å². The Morgan fingerprint density at radius 2 is 1.71 bits per heavy atom. The molecule has 0 aliphatic heterocycles. The Bertz CT molecular complexity index is 120. The van der Waals surface area contributed by atoms with E-state index in [2.05, 4.69) is 0 Å². The van der Waals surface area contributed by atoms with E-state index >= 15 is 0 Å². The van der Waals surface area contributed by atoms with Crippen LogP contribution in [0.15, 0.2) is 0 Å². The van der Waals surface area contributed by atoms with Gasteiger partial charge in [0.2, 0.25) is 0 Å². The second-order valence-corrected chi connectivity index (χ2v) is 2.72. The van der Waals surface area contributed by atoms with Gasteiger partial charge in [0.15, 0.2) is 6.29 Å². The van der Waals surface area contributed by atoms with Gasteiger partial charge in [-0.05, 0) is 12.8 Å². The molecule has 0 unspecified atom stereocenters. The van der Waals surface area contributed by atoms with Crippen LogP contribution in [0.25, 0.3) is 0 Å². The highest BCUT2D eigenvalue weighted by Crippen LogP contribution is 2.05. The second-order valence-electron chi connectivity index (χ2n) is 2.72. The van der Waals surface area contributed by atoms with Gasteiger partial charge >= 0.3 is 0 Å². The van der Waals surface area contributed by atoms with Gasteiger partial charge in [-0.15, -0.1) is 0 Å². The molecule has 0 saturated heterocycles. The molecular formula is C9H18O5. The number of unbranched alkanes of at least 4 members (excludes halogenated alkanes) is 1. The number of carbonyl (C=O) groups excluding carboxylic acids is 1. The van der Waals surface area contributed by atoms with Crippen LogP contribution in [0.1, 0.15) is 19.3 Å². The van der Waals surface area contributed by atoms with E-state index in [-0.39, 0.29) is 26.4 Å². The van der Waals surface area contributed by atoms with Crippen molar-refractivity contribution in [2.45, 2.75) is 25.6 Å². The zero-order valence-corrected chi connectivity index (χ0v) is 8.22. The molecule has 0 radical (unpaired) electrons. The molecule has 0 aromatic heterocycles. The summed E-state index contributed by atoms with van der Waals surface area (Å²) >= 11 is 0. The zero-order valence-electron chi connectivity index (χ0n) is 8.22. The van der Waals surface area contributed by atoms with Crippen LogP contribution in [0.3, 0.4) is 0 Å². The molecule has 0 heterocycles. The molecule has 0 aromatic rings. The van der Waals surface area contributed by atoms with Gasteiger partial charge in [-0.3, -0.25) is 0 Å². The summed E-state index contributed by atoms with van der Waals surface area (Å²) in [6.07, 6.45) is 2.16. The van der Waals surface area contributed by atoms with Gasteiger partial charge in [-0.25, -0.2) is 0 Å². The summed E-state index contributed by atoms with van der Waals surface area (Å²) < 4.78 is 10.3. The average molecular weight is 206 g/mol. The Labute approximate surface area is 83.6 Å². The van der Waals surface area contributed by atoms with Crippen molar-refractivity contribution in [1.29, 1.82) is 0 Å². The minimum atomic E-state index is -0.436. The number of hydrogen-bond donors (Lipinski definition) is 2. The Morgan fingerprint density at radius 3 is 2.14 bits per heavy atom. The van der Waals surface area contributed by atoms with Crippen LogP contribution in [0.2, 0.25) is 0 Å². The van der Waals surface area contributed by atoms with Crippen molar-refractivity contribution in [3.8, 4) is 0 Å². The Kier molecular flexibility index (Phi) is 10.2. The fourth-order valence-corrected chi connectivity index (χ4v) is 0.951. The van der Waals surface area contributed by atoms with E-state index in [9.17, 15) is 4.79 Å². The molecule has 2 N–H and O–H groups in total. The normalized spacial score (nSPS) is 10.8. The summed E-state index contributed by atoms with van der Waals surface area (Å²) in [4.78, 5) is 10.1. The van der Waals surface area contributed by atoms with Gasteiger partial charge < -0.3 is 24.5 Å². The lowest BCUT2D eigenvalue weighted by atomic mass is 10.2. The molecular weight excluding hydrogens is 188 g/mol. The first-order valence-corrected chi connectivity index (χ1v) is 4.73. The molecule has 0 rings (SSSR count). The van der Waals surface area contributed by atoms with Gasteiger partial charge in [-0.1, -0.05) is 0 Å². The van der Waals surface area contributed by atoms with Crippen LogP contribution in [0.4, 0.5) is 0 Å². The highest BCUT2D eigenvalue weighted by Gasteiger charge is 2.08. The average Bonchev–Trinajstić information content (AvgIpc) is 2.21. The summed E-state index contributed by atoms with van der Waals surface area (Å²) in [5, 5.41) is 17.1. The van der Waals surface area contributed by atoms with E-state index in [1.807, 2.05) is 0 Å². The third-order valence-corrected chi connectivity index (χ3v) is 1.55. The van der Waals surface area contributed by atoms with Crippen LogP contribution in [-0.2, 0) is 14.3 Å². The molecule has 0 aromatic carbocycles. The third kappa shape index (κ3) is 8.12. The van der Waals surface area contributed by atoms with Crippen molar-refractivity contribution in [1.82, 2.24) is 0 Å². The molecule has 84 valence electrons. The van der Waals surface area contributed by atoms with Crippen molar-refractivity contribution in [2.75, 3.05) is 26.4 Å². The second kappa shape index (κ2) is 10.6. The third-order valence-electron chi connectivity index (χ3n) is 1.55. The van der Waals surface area contributed by atoms with Crippen molar-refractivity contribution in [3.05, 3.63) is 0 Å². The molecule has 0 aliphatic rings. The maximum atomic E-state index is 10.1. The number of aliphatic hydroxyl groups excluding tert-OH is 2. The quantitative estimate of drug-likeness (QED) is 0.291. The fraction of sp³-hybridized carbons (Fsp3) is 0.889. The topological polar surface area (TPSA) is 76.0 Å². The maximum Gasteiger partial charge on any atom is 0.157 e. The van der Waals surface area contributed by atoms with Gasteiger partial charge in [-0.2, -0.15) is 0 Å². The first-order chi connectivity index (χ1) is 6.85. The first kappa shape index (κ1) is 13.5. The molecule has 5 heteroatoms. The predicted molar refractivity (Wildman–Crippen MR) is 49.8 cm³/mol. The molecule has 0 aliphatic carbocycles. The number of hydrogen-bond acceptors (Lipinski definition) is 5. The van der Waals surface area contributed by atoms with Crippen LogP contribution >= 0.6 is 0 Å². The smallest absolute Gasteiger partial charge is 0.157 e. The molecule has 0 amide bonds. The largest absolute Gasteiger partial charge is 0.394 e. The summed E-state index contributed by atoms with van der Waals surface area (Å²) in [6.45, 7) is 0.285. The molecule has 0 atom stereocenters. The minimum Gasteiger partial charge on any atom is -0.394 e. The van der Waals surface area contributed by atoms with E-state index in [0.29, 0.717) is 19.3 Å². The van der Waals surface area contributed by atoms with Crippen LogP contribution in [0, 0.1) is 0 Å².